The lowest BCUT2D eigenvalue weighted by Gasteiger charge is -2.25. The van der Waals surface area contributed by atoms with Crippen LogP contribution in [0.4, 0.5) is 0 Å². The van der Waals surface area contributed by atoms with Crippen molar-refractivity contribution in [3.05, 3.63) is 65.9 Å². The van der Waals surface area contributed by atoms with Gasteiger partial charge >= 0.3 is 5.97 Å². The number of fused-ring (bicyclic) bond motifs is 1. The van der Waals surface area contributed by atoms with Gasteiger partial charge in [-0.15, -0.1) is 0 Å². The number of carboxylic acids is 1. The number of hydrogen-bond donors (Lipinski definition) is 9. The Morgan fingerprint density at radius 3 is 2.07 bits per heavy atom. The highest BCUT2D eigenvalue weighted by atomic mass is 16.4. The van der Waals surface area contributed by atoms with Gasteiger partial charge in [-0.25, -0.2) is 4.79 Å². The molecule has 4 atom stereocenters. The Morgan fingerprint density at radius 1 is 0.800 bits per heavy atom. The molecule has 242 valence electrons. The Morgan fingerprint density at radius 2 is 1.42 bits per heavy atom. The summed E-state index contributed by atoms with van der Waals surface area (Å²) in [5.74, 6) is -4.17. The van der Waals surface area contributed by atoms with Crippen molar-refractivity contribution < 1.29 is 34.2 Å². The lowest BCUT2D eigenvalue weighted by molar-refractivity contribution is -0.142. The van der Waals surface area contributed by atoms with Gasteiger partial charge in [-0.2, -0.15) is 0 Å². The number of rotatable bonds is 18. The van der Waals surface area contributed by atoms with E-state index in [0.29, 0.717) is 36.9 Å². The highest BCUT2D eigenvalue weighted by molar-refractivity contribution is 5.95. The Labute approximate surface area is 260 Å². The average molecular weight is 624 g/mol. The zero-order valence-electron chi connectivity index (χ0n) is 24.8. The first kappa shape index (κ1) is 34.5. The van der Waals surface area contributed by atoms with E-state index in [2.05, 4.69) is 20.9 Å². The number of nitrogens with one attached hydrogen (secondary N) is 4. The molecule has 0 radical (unpaired) electrons. The molecule has 0 saturated heterocycles. The van der Waals surface area contributed by atoms with E-state index in [-0.39, 0.29) is 31.4 Å². The number of aromatic hydroxyl groups is 1. The van der Waals surface area contributed by atoms with Crippen LogP contribution in [0.25, 0.3) is 10.9 Å². The van der Waals surface area contributed by atoms with Gasteiger partial charge in [0.15, 0.2) is 0 Å². The normalized spacial score (nSPS) is 13.7. The maximum atomic E-state index is 13.8. The topological polar surface area (TPSA) is 256 Å². The molecule has 0 aliphatic heterocycles. The van der Waals surface area contributed by atoms with E-state index in [9.17, 15) is 34.2 Å². The number of benzene rings is 2. The molecular weight excluding hydrogens is 582 g/mol. The summed E-state index contributed by atoms with van der Waals surface area (Å²) in [6.07, 6.45) is 2.80. The Balaban J connectivity index is 1.88. The molecule has 45 heavy (non-hydrogen) atoms. The molecule has 0 aliphatic rings. The Bertz CT molecular complexity index is 1470. The van der Waals surface area contributed by atoms with Crippen molar-refractivity contribution in [1.29, 1.82) is 0 Å². The fraction of sp³-hybridized carbons (Fsp3) is 0.387. The quantitative estimate of drug-likeness (QED) is 0.0857. The third kappa shape index (κ3) is 10.6. The van der Waals surface area contributed by atoms with Crippen LogP contribution in [-0.4, -0.2) is 75.5 Å². The van der Waals surface area contributed by atoms with Gasteiger partial charge in [0.25, 0.3) is 0 Å². The molecule has 2 aromatic carbocycles. The summed E-state index contributed by atoms with van der Waals surface area (Å²) in [4.78, 5) is 66.5. The molecule has 0 saturated carbocycles. The van der Waals surface area contributed by atoms with Gasteiger partial charge in [0, 0.05) is 36.4 Å². The molecule has 4 unspecified atom stereocenters. The number of unbranched alkanes of at least 4 members (excludes halogenated alkanes) is 1. The summed E-state index contributed by atoms with van der Waals surface area (Å²) in [5, 5.41) is 27.9. The van der Waals surface area contributed by atoms with Crippen LogP contribution in [0.2, 0.25) is 0 Å². The first-order valence-electron chi connectivity index (χ1n) is 14.7. The lowest BCUT2D eigenvalue weighted by atomic mass is 10.0. The number of aliphatic carboxylic acids is 1. The fourth-order valence-electron chi connectivity index (χ4n) is 4.81. The summed E-state index contributed by atoms with van der Waals surface area (Å²) in [7, 11) is 0. The van der Waals surface area contributed by atoms with Crippen molar-refractivity contribution in [3.63, 3.8) is 0 Å². The van der Waals surface area contributed by atoms with Crippen LogP contribution in [0, 0.1) is 0 Å². The number of carbonyl (C=O) groups excluding carboxylic acids is 4. The van der Waals surface area contributed by atoms with Crippen molar-refractivity contribution >= 4 is 40.5 Å². The molecule has 0 spiro atoms. The minimum atomic E-state index is -1.44. The molecule has 3 rings (SSSR count). The van der Waals surface area contributed by atoms with Crippen LogP contribution in [-0.2, 0) is 36.8 Å². The number of phenolic OH excluding ortho intramolecular Hbond substituents is 1. The fourth-order valence-corrected chi connectivity index (χ4v) is 4.81. The summed E-state index contributed by atoms with van der Waals surface area (Å²) in [6, 6.07) is 8.61. The number of aromatic amines is 1. The predicted octanol–water partition coefficient (Wildman–Crippen LogP) is -0.0805. The van der Waals surface area contributed by atoms with Crippen molar-refractivity contribution in [2.24, 2.45) is 17.2 Å². The van der Waals surface area contributed by atoms with Crippen LogP contribution in [0.5, 0.6) is 5.75 Å². The molecule has 0 bridgehead atoms. The lowest BCUT2D eigenvalue weighted by Crippen LogP contribution is -2.58. The zero-order chi connectivity index (χ0) is 32.9. The predicted molar refractivity (Wildman–Crippen MR) is 167 cm³/mol. The van der Waals surface area contributed by atoms with Crippen molar-refractivity contribution in [3.8, 4) is 5.75 Å². The van der Waals surface area contributed by atoms with E-state index in [0.717, 1.165) is 10.9 Å². The van der Waals surface area contributed by atoms with Crippen LogP contribution in [0.1, 0.15) is 43.2 Å². The van der Waals surface area contributed by atoms with E-state index in [4.69, 9.17) is 17.2 Å². The minimum Gasteiger partial charge on any atom is -0.508 e. The number of para-hydroxylation sites is 1. The number of aromatic nitrogens is 1. The monoisotopic (exact) mass is 623 g/mol. The Kier molecular flexibility index (Phi) is 12.9. The van der Waals surface area contributed by atoms with E-state index < -0.39 is 53.8 Å². The molecular formula is C31H41N7O7. The number of H-pyrrole nitrogens is 1. The van der Waals surface area contributed by atoms with Crippen LogP contribution in [0.15, 0.2) is 54.7 Å². The van der Waals surface area contributed by atoms with Gasteiger partial charge in [0.1, 0.15) is 23.9 Å². The smallest absolute Gasteiger partial charge is 0.326 e. The van der Waals surface area contributed by atoms with Crippen molar-refractivity contribution in [2.75, 3.05) is 6.54 Å². The van der Waals surface area contributed by atoms with Gasteiger partial charge in [-0.1, -0.05) is 36.8 Å². The van der Waals surface area contributed by atoms with Crippen molar-refractivity contribution in [2.45, 2.75) is 69.1 Å². The highest BCUT2D eigenvalue weighted by Gasteiger charge is 2.31. The van der Waals surface area contributed by atoms with E-state index >= 15 is 0 Å². The van der Waals surface area contributed by atoms with Crippen LogP contribution >= 0.6 is 0 Å². The number of nitrogens with two attached hydrogens (primary N) is 3. The van der Waals surface area contributed by atoms with Gasteiger partial charge in [0.2, 0.25) is 23.6 Å². The first-order valence-corrected chi connectivity index (χ1v) is 14.7. The second kappa shape index (κ2) is 16.8. The largest absolute Gasteiger partial charge is 0.508 e. The number of phenols is 1. The summed E-state index contributed by atoms with van der Waals surface area (Å²) < 4.78 is 0. The second-order valence-corrected chi connectivity index (χ2v) is 10.9. The van der Waals surface area contributed by atoms with Crippen molar-refractivity contribution in [1.82, 2.24) is 20.9 Å². The average Bonchev–Trinajstić information content (AvgIpc) is 3.41. The molecule has 12 N–H and O–H groups in total. The van der Waals surface area contributed by atoms with E-state index in [1.54, 1.807) is 18.3 Å². The minimum absolute atomic E-state index is 0.00512. The molecule has 14 nitrogen and oxygen atoms in total. The summed E-state index contributed by atoms with van der Waals surface area (Å²) >= 11 is 0. The Hall–Kier alpha value is -4.95. The zero-order valence-corrected chi connectivity index (χ0v) is 24.8. The van der Waals surface area contributed by atoms with E-state index in [1.165, 1.54) is 12.1 Å². The van der Waals surface area contributed by atoms with Gasteiger partial charge in [-0.3, -0.25) is 19.2 Å². The number of amides is 4. The number of carbonyl (C=O) groups is 5. The molecule has 4 amide bonds. The van der Waals surface area contributed by atoms with Crippen LogP contribution < -0.4 is 33.2 Å². The standard InChI is InChI=1S/C31H41N7O7/c32-14-4-3-6-22(33)28(41)37-25(15-18-8-10-20(39)11-9-18)29(42)38-26(16-19-17-35-23-7-2-1-5-21(19)23)30(43)36-24(31(44)45)12-13-27(34)40/h1-2,5,7-11,17,22,24-26,35,39H,3-4,6,12-16,32-33H2,(H2,34,40)(H,36,43)(H,37,41)(H,38,42)(H,44,45). The van der Waals surface area contributed by atoms with Gasteiger partial charge in [0.05, 0.1) is 6.04 Å². The van der Waals surface area contributed by atoms with E-state index in [1.807, 2.05) is 24.3 Å². The molecule has 14 heteroatoms. The number of hydrogen-bond acceptors (Lipinski definition) is 8. The number of primary amides is 1. The third-order valence-corrected chi connectivity index (χ3v) is 7.34. The maximum absolute atomic E-state index is 13.8. The van der Waals surface area contributed by atoms with Gasteiger partial charge in [-0.05, 0) is 55.1 Å². The van der Waals surface area contributed by atoms with Crippen LogP contribution in [0.3, 0.4) is 0 Å². The summed E-state index contributed by atoms with van der Waals surface area (Å²) in [6.45, 7) is 0.450. The van der Waals surface area contributed by atoms with Gasteiger partial charge < -0.3 is 48.3 Å². The number of carboxylic acid groups (broad SMARTS) is 1. The molecule has 1 aromatic heterocycles. The molecule has 1 heterocycles. The molecule has 0 aliphatic carbocycles. The SMILES string of the molecule is NCCCCC(N)C(=O)NC(Cc1ccc(O)cc1)C(=O)NC(Cc1c[nH]c2ccccc12)C(=O)NC(CCC(N)=O)C(=O)O. The molecule has 3 aromatic rings. The third-order valence-electron chi connectivity index (χ3n) is 7.34. The first-order chi connectivity index (χ1) is 21.5. The summed E-state index contributed by atoms with van der Waals surface area (Å²) in [5.41, 5.74) is 18.9. The highest BCUT2D eigenvalue weighted by Crippen LogP contribution is 2.20. The molecule has 0 fully saturated rings. The second-order valence-electron chi connectivity index (χ2n) is 10.9. The maximum Gasteiger partial charge on any atom is 0.326 e.